The lowest BCUT2D eigenvalue weighted by atomic mass is 9.96. The van der Waals surface area contributed by atoms with Gasteiger partial charge >= 0.3 is 11.7 Å². The molecule has 1 aromatic carbocycles. The van der Waals surface area contributed by atoms with Crippen molar-refractivity contribution in [3.8, 4) is 0 Å². The van der Waals surface area contributed by atoms with E-state index in [2.05, 4.69) is 0 Å². The van der Waals surface area contributed by atoms with Crippen LogP contribution in [0.2, 0.25) is 0 Å². The molecule has 0 spiro atoms. The van der Waals surface area contributed by atoms with Gasteiger partial charge in [0.1, 0.15) is 0 Å². The van der Waals surface area contributed by atoms with E-state index in [9.17, 15) is 14.4 Å². The number of nitrogens with zero attached hydrogens (tertiary/aromatic N) is 3. The lowest BCUT2D eigenvalue weighted by Crippen LogP contribution is -2.40. The Balaban J connectivity index is 1.76. The van der Waals surface area contributed by atoms with Gasteiger partial charge < -0.3 is 9.64 Å². The Morgan fingerprint density at radius 1 is 1.12 bits per heavy atom. The van der Waals surface area contributed by atoms with Crippen molar-refractivity contribution < 1.29 is 14.3 Å². The summed E-state index contributed by atoms with van der Waals surface area (Å²) in [6.45, 7) is 3.25. The van der Waals surface area contributed by atoms with Gasteiger partial charge in [0.05, 0.1) is 23.6 Å². The number of piperidine rings is 1. The normalized spacial score (nSPS) is 15.6. The number of amides is 1. The van der Waals surface area contributed by atoms with Crippen LogP contribution in [0.15, 0.2) is 23.0 Å². The summed E-state index contributed by atoms with van der Waals surface area (Å²) in [7, 11) is 3.41. The van der Waals surface area contributed by atoms with Crippen LogP contribution < -0.4 is 5.69 Å². The SMILES string of the molecule is CCOC(=O)C1CCN(C(=O)c2ccc3c(c2)n(C)c(=O)n3C)CC1. The molecule has 0 radical (unpaired) electrons. The van der Waals surface area contributed by atoms with Gasteiger partial charge in [-0.1, -0.05) is 0 Å². The van der Waals surface area contributed by atoms with Crippen LogP contribution in [0.5, 0.6) is 0 Å². The van der Waals surface area contributed by atoms with E-state index in [-0.39, 0.29) is 23.5 Å². The Kier molecular flexibility index (Phi) is 4.65. The van der Waals surface area contributed by atoms with Crippen molar-refractivity contribution in [3.05, 3.63) is 34.2 Å². The second-order valence-electron chi connectivity index (χ2n) is 6.42. The molecular weight excluding hydrogens is 322 g/mol. The molecule has 0 bridgehead atoms. The van der Waals surface area contributed by atoms with E-state index in [1.165, 1.54) is 0 Å². The maximum absolute atomic E-state index is 12.8. The molecule has 0 unspecified atom stereocenters. The van der Waals surface area contributed by atoms with Crippen LogP contribution in [0.3, 0.4) is 0 Å². The lowest BCUT2D eigenvalue weighted by molar-refractivity contribution is -0.149. The minimum atomic E-state index is -0.171. The van der Waals surface area contributed by atoms with E-state index >= 15 is 0 Å². The smallest absolute Gasteiger partial charge is 0.328 e. The molecule has 1 amide bonds. The first-order valence-corrected chi connectivity index (χ1v) is 8.55. The predicted octanol–water partition coefficient (Wildman–Crippen LogP) is 1.29. The third-order valence-electron chi connectivity index (χ3n) is 4.92. The summed E-state index contributed by atoms with van der Waals surface area (Å²) in [6, 6.07) is 5.31. The van der Waals surface area contributed by atoms with E-state index in [4.69, 9.17) is 4.74 Å². The van der Waals surface area contributed by atoms with Gasteiger partial charge in [-0.05, 0) is 38.0 Å². The molecule has 1 aliphatic rings. The number of hydrogen-bond acceptors (Lipinski definition) is 4. The summed E-state index contributed by atoms with van der Waals surface area (Å²) in [5.74, 6) is -0.364. The fraction of sp³-hybridized carbons (Fsp3) is 0.500. The number of likely N-dealkylation sites (tertiary alicyclic amines) is 1. The van der Waals surface area contributed by atoms with Crippen molar-refractivity contribution in [1.82, 2.24) is 14.0 Å². The van der Waals surface area contributed by atoms with Crippen LogP contribution in [-0.2, 0) is 23.6 Å². The maximum Gasteiger partial charge on any atom is 0.328 e. The largest absolute Gasteiger partial charge is 0.466 e. The van der Waals surface area contributed by atoms with Gasteiger partial charge in [-0.3, -0.25) is 18.7 Å². The fourth-order valence-corrected chi connectivity index (χ4v) is 3.40. The summed E-state index contributed by atoms with van der Waals surface area (Å²) >= 11 is 0. The first kappa shape index (κ1) is 17.3. The molecule has 25 heavy (non-hydrogen) atoms. The number of aryl methyl sites for hydroxylation is 2. The number of hydrogen-bond donors (Lipinski definition) is 0. The van der Waals surface area contributed by atoms with Crippen LogP contribution in [0.25, 0.3) is 11.0 Å². The second kappa shape index (κ2) is 6.74. The van der Waals surface area contributed by atoms with Crippen LogP contribution >= 0.6 is 0 Å². The molecule has 134 valence electrons. The highest BCUT2D eigenvalue weighted by Gasteiger charge is 2.28. The number of carbonyl (C=O) groups excluding carboxylic acids is 2. The van der Waals surface area contributed by atoms with E-state index < -0.39 is 0 Å². The first-order valence-electron chi connectivity index (χ1n) is 8.55. The molecule has 3 rings (SSSR count). The summed E-state index contributed by atoms with van der Waals surface area (Å²) in [4.78, 5) is 38.3. The number of aromatic nitrogens is 2. The third-order valence-corrected chi connectivity index (χ3v) is 4.92. The number of carbonyl (C=O) groups is 2. The molecule has 2 aromatic rings. The number of benzene rings is 1. The van der Waals surface area contributed by atoms with Crippen molar-refractivity contribution in [2.24, 2.45) is 20.0 Å². The van der Waals surface area contributed by atoms with Crippen LogP contribution in [-0.4, -0.2) is 45.6 Å². The minimum absolute atomic E-state index is 0.0690. The molecule has 0 atom stereocenters. The van der Waals surface area contributed by atoms with Gasteiger partial charge in [0, 0.05) is 32.7 Å². The lowest BCUT2D eigenvalue weighted by Gasteiger charge is -2.31. The zero-order valence-electron chi connectivity index (χ0n) is 14.8. The number of imidazole rings is 1. The quantitative estimate of drug-likeness (QED) is 0.786. The molecule has 0 saturated carbocycles. The Labute approximate surface area is 145 Å². The zero-order chi connectivity index (χ0) is 18.1. The molecule has 0 aliphatic carbocycles. The zero-order valence-corrected chi connectivity index (χ0v) is 14.8. The number of rotatable bonds is 3. The highest BCUT2D eigenvalue weighted by molar-refractivity contribution is 5.97. The number of esters is 1. The molecule has 2 heterocycles. The average Bonchev–Trinajstić information content (AvgIpc) is 2.85. The third kappa shape index (κ3) is 3.06. The molecule has 1 fully saturated rings. The van der Waals surface area contributed by atoms with Crippen molar-refractivity contribution in [2.75, 3.05) is 19.7 Å². The molecule has 7 heteroatoms. The summed E-state index contributed by atoms with van der Waals surface area (Å²) in [6.07, 6.45) is 1.24. The fourth-order valence-electron chi connectivity index (χ4n) is 3.40. The summed E-state index contributed by atoms with van der Waals surface area (Å²) < 4.78 is 8.16. The van der Waals surface area contributed by atoms with E-state index in [1.54, 1.807) is 53.3 Å². The van der Waals surface area contributed by atoms with Gasteiger partial charge in [-0.25, -0.2) is 4.79 Å². The number of fused-ring (bicyclic) bond motifs is 1. The van der Waals surface area contributed by atoms with Crippen molar-refractivity contribution in [1.29, 1.82) is 0 Å². The first-order chi connectivity index (χ1) is 11.9. The highest BCUT2D eigenvalue weighted by atomic mass is 16.5. The molecule has 1 saturated heterocycles. The monoisotopic (exact) mass is 345 g/mol. The van der Waals surface area contributed by atoms with E-state index in [1.807, 2.05) is 0 Å². The Morgan fingerprint density at radius 3 is 2.40 bits per heavy atom. The van der Waals surface area contributed by atoms with Crippen LogP contribution in [0.1, 0.15) is 30.1 Å². The van der Waals surface area contributed by atoms with Crippen molar-refractivity contribution in [3.63, 3.8) is 0 Å². The Morgan fingerprint density at radius 2 is 1.76 bits per heavy atom. The topological polar surface area (TPSA) is 73.5 Å². The Hall–Kier alpha value is -2.57. The van der Waals surface area contributed by atoms with Crippen LogP contribution in [0.4, 0.5) is 0 Å². The summed E-state index contributed by atoms with van der Waals surface area (Å²) in [5.41, 5.74) is 1.97. The molecule has 1 aromatic heterocycles. The number of ether oxygens (including phenoxy) is 1. The van der Waals surface area contributed by atoms with Gasteiger partial charge in [0.2, 0.25) is 0 Å². The standard InChI is InChI=1S/C18H23N3O4/c1-4-25-17(23)12-7-9-21(10-8-12)16(22)13-5-6-14-15(11-13)20(3)18(24)19(14)2/h5-6,11-12H,4,7-10H2,1-3H3. The Bertz CT molecular complexity index is 872. The van der Waals surface area contributed by atoms with E-state index in [0.717, 1.165) is 11.0 Å². The maximum atomic E-state index is 12.8. The van der Waals surface area contributed by atoms with Gasteiger partial charge in [0.15, 0.2) is 0 Å². The van der Waals surface area contributed by atoms with Crippen molar-refractivity contribution in [2.45, 2.75) is 19.8 Å². The molecule has 1 aliphatic heterocycles. The summed E-state index contributed by atoms with van der Waals surface area (Å²) in [5, 5.41) is 0. The van der Waals surface area contributed by atoms with Crippen molar-refractivity contribution >= 4 is 22.9 Å². The van der Waals surface area contributed by atoms with E-state index in [0.29, 0.717) is 38.1 Å². The molecule has 0 N–H and O–H groups in total. The van der Waals surface area contributed by atoms with Gasteiger partial charge in [0.25, 0.3) is 5.91 Å². The molecular formula is C18H23N3O4. The predicted molar refractivity (Wildman–Crippen MR) is 93.4 cm³/mol. The molecule has 7 nitrogen and oxygen atoms in total. The van der Waals surface area contributed by atoms with Crippen LogP contribution in [0, 0.1) is 5.92 Å². The van der Waals surface area contributed by atoms with Gasteiger partial charge in [-0.15, -0.1) is 0 Å². The van der Waals surface area contributed by atoms with Gasteiger partial charge in [-0.2, -0.15) is 0 Å². The average molecular weight is 345 g/mol. The second-order valence-corrected chi connectivity index (χ2v) is 6.42. The minimum Gasteiger partial charge on any atom is -0.466 e. The highest BCUT2D eigenvalue weighted by Crippen LogP contribution is 2.22.